The van der Waals surface area contributed by atoms with Crippen LogP contribution in [0.2, 0.25) is 0 Å². The number of aryl methyl sites for hydroxylation is 2. The quantitative estimate of drug-likeness (QED) is 0.358. The minimum Gasteiger partial charge on any atom is -0.0726 e. The van der Waals surface area contributed by atoms with Gasteiger partial charge in [0.1, 0.15) is 8.80 Å². The second kappa shape index (κ2) is 8.46. The summed E-state index contributed by atoms with van der Waals surface area (Å²) in [6.45, 7) is 4.67. The maximum Gasteiger partial charge on any atom is 0.128 e. The molecule has 0 nitrogen and oxygen atoms in total. The van der Waals surface area contributed by atoms with Crippen LogP contribution in [0.1, 0.15) is 50.8 Å². The monoisotopic (exact) mass is 477 g/mol. The normalized spacial score (nSPS) is 20.2. The zero-order valence-corrected chi connectivity index (χ0v) is 21.8. The van der Waals surface area contributed by atoms with Crippen LogP contribution in [0.25, 0.3) is 12.2 Å². The zero-order valence-electron chi connectivity index (χ0n) is 20.8. The Labute approximate surface area is 216 Å². The zero-order chi connectivity index (χ0) is 24.2. The minimum atomic E-state index is -1.13. The van der Waals surface area contributed by atoms with Crippen LogP contribution in [-0.2, 0) is 6.04 Å². The summed E-state index contributed by atoms with van der Waals surface area (Å²) < 4.78 is 0. The van der Waals surface area contributed by atoms with Crippen molar-refractivity contribution in [1.82, 2.24) is 0 Å². The molecule has 36 heavy (non-hydrogen) atoms. The molecular formula is C35H29Si. The van der Waals surface area contributed by atoms with Crippen molar-refractivity contribution in [1.29, 1.82) is 0 Å². The first-order chi connectivity index (χ1) is 17.7. The maximum atomic E-state index is 2.49. The topological polar surface area (TPSA) is 0 Å². The molecule has 0 saturated heterocycles. The summed E-state index contributed by atoms with van der Waals surface area (Å²) in [4.78, 5) is 0. The van der Waals surface area contributed by atoms with Crippen LogP contribution in [0, 0.1) is 13.8 Å². The Kier molecular flexibility index (Phi) is 5.08. The molecule has 4 aliphatic carbocycles. The van der Waals surface area contributed by atoms with E-state index in [0.717, 1.165) is 6.04 Å². The lowest BCUT2D eigenvalue weighted by Gasteiger charge is -2.26. The van der Waals surface area contributed by atoms with Gasteiger partial charge in [0.2, 0.25) is 0 Å². The van der Waals surface area contributed by atoms with Crippen molar-refractivity contribution in [3.8, 4) is 0 Å². The van der Waals surface area contributed by atoms with Gasteiger partial charge < -0.3 is 0 Å². The smallest absolute Gasteiger partial charge is 0.0726 e. The van der Waals surface area contributed by atoms with Crippen LogP contribution in [0.4, 0.5) is 0 Å². The van der Waals surface area contributed by atoms with Gasteiger partial charge in [0.25, 0.3) is 0 Å². The predicted molar refractivity (Wildman–Crippen MR) is 156 cm³/mol. The van der Waals surface area contributed by atoms with E-state index in [1.807, 2.05) is 0 Å². The summed E-state index contributed by atoms with van der Waals surface area (Å²) in [5.41, 5.74) is 13.1. The molecule has 4 aliphatic rings. The van der Waals surface area contributed by atoms with Crippen molar-refractivity contribution in [2.45, 2.75) is 31.7 Å². The second-order valence-electron chi connectivity index (χ2n) is 10.4. The predicted octanol–water partition coefficient (Wildman–Crippen LogP) is 6.91. The number of benzene rings is 3. The third-order valence-corrected chi connectivity index (χ3v) is 11.5. The van der Waals surface area contributed by atoms with E-state index in [-0.39, 0.29) is 0 Å². The molecule has 0 amide bonds. The Balaban J connectivity index is 1.48. The first-order valence-electron chi connectivity index (χ1n) is 13.0. The molecule has 173 valence electrons. The number of hydrogen-bond donors (Lipinski definition) is 0. The van der Waals surface area contributed by atoms with Crippen molar-refractivity contribution < 1.29 is 0 Å². The van der Waals surface area contributed by atoms with Crippen LogP contribution in [-0.4, -0.2) is 8.80 Å². The van der Waals surface area contributed by atoms with Crippen LogP contribution < -0.4 is 10.4 Å². The van der Waals surface area contributed by atoms with Crippen molar-refractivity contribution in [3.05, 3.63) is 153 Å². The molecule has 2 atom stereocenters. The van der Waals surface area contributed by atoms with E-state index in [4.69, 9.17) is 0 Å². The number of hydrogen-bond acceptors (Lipinski definition) is 0. The molecule has 2 unspecified atom stereocenters. The Morgan fingerprint density at radius 3 is 1.67 bits per heavy atom. The third-order valence-electron chi connectivity index (χ3n) is 8.22. The molecule has 0 fully saturated rings. The van der Waals surface area contributed by atoms with Gasteiger partial charge in [-0.2, -0.15) is 0 Å². The van der Waals surface area contributed by atoms with E-state index in [1.165, 1.54) is 50.1 Å². The SMILES string of the molecule is Cc1ccc2c(c1[Si](Cc1ccccc1)c1c(C)ccc3c1C=C1C=CC=CC13)C=C1C=CC=CC12. The summed E-state index contributed by atoms with van der Waals surface area (Å²) in [5, 5.41) is 3.20. The van der Waals surface area contributed by atoms with Gasteiger partial charge in [0.15, 0.2) is 0 Å². The van der Waals surface area contributed by atoms with Crippen LogP contribution in [0.15, 0.2) is 114 Å². The van der Waals surface area contributed by atoms with Crippen molar-refractivity contribution in [3.63, 3.8) is 0 Å². The highest BCUT2D eigenvalue weighted by atomic mass is 28.3. The van der Waals surface area contributed by atoms with E-state index < -0.39 is 8.80 Å². The molecule has 1 heteroatoms. The highest BCUT2D eigenvalue weighted by Gasteiger charge is 2.34. The second-order valence-corrected chi connectivity index (χ2v) is 12.7. The fourth-order valence-corrected chi connectivity index (χ4v) is 9.98. The number of allylic oxidation sites excluding steroid dienone is 10. The van der Waals surface area contributed by atoms with Gasteiger partial charge in [-0.15, -0.1) is 0 Å². The third kappa shape index (κ3) is 3.34. The van der Waals surface area contributed by atoms with E-state index >= 15 is 0 Å². The lowest BCUT2D eigenvalue weighted by Crippen LogP contribution is -2.49. The van der Waals surface area contributed by atoms with E-state index in [0.29, 0.717) is 11.8 Å². The Morgan fingerprint density at radius 2 is 1.14 bits per heavy atom. The van der Waals surface area contributed by atoms with Gasteiger partial charge in [-0.05, 0) is 63.7 Å². The number of fused-ring (bicyclic) bond motifs is 6. The van der Waals surface area contributed by atoms with E-state index in [9.17, 15) is 0 Å². The molecule has 0 N–H and O–H groups in total. The first-order valence-corrected chi connectivity index (χ1v) is 14.7. The van der Waals surface area contributed by atoms with Crippen molar-refractivity contribution in [2.24, 2.45) is 0 Å². The highest BCUT2D eigenvalue weighted by Crippen LogP contribution is 2.41. The summed E-state index contributed by atoms with van der Waals surface area (Å²) in [6.07, 6.45) is 23.1. The molecule has 0 bridgehead atoms. The van der Waals surface area contributed by atoms with Crippen LogP contribution in [0.5, 0.6) is 0 Å². The lowest BCUT2D eigenvalue weighted by atomic mass is 9.92. The molecule has 0 spiro atoms. The van der Waals surface area contributed by atoms with Crippen LogP contribution >= 0.6 is 0 Å². The average Bonchev–Trinajstić information content (AvgIpc) is 3.46. The molecule has 0 saturated carbocycles. The molecule has 0 heterocycles. The van der Waals surface area contributed by atoms with Gasteiger partial charge in [-0.3, -0.25) is 0 Å². The van der Waals surface area contributed by atoms with Gasteiger partial charge in [-0.25, -0.2) is 0 Å². The lowest BCUT2D eigenvalue weighted by molar-refractivity contribution is 1.05. The summed E-state index contributed by atoms with van der Waals surface area (Å²) in [6, 6.07) is 21.8. The molecule has 1 radical (unpaired) electrons. The summed E-state index contributed by atoms with van der Waals surface area (Å²) >= 11 is 0. The van der Waals surface area contributed by atoms with Gasteiger partial charge in [0, 0.05) is 11.8 Å². The Hall–Kier alpha value is -3.68. The molecular weight excluding hydrogens is 448 g/mol. The molecule has 3 aromatic carbocycles. The Morgan fingerprint density at radius 1 is 0.611 bits per heavy atom. The largest absolute Gasteiger partial charge is 0.128 e. The van der Waals surface area contributed by atoms with Gasteiger partial charge in [0.05, 0.1) is 0 Å². The summed E-state index contributed by atoms with van der Waals surface area (Å²) in [5.74, 6) is 0.791. The first kappa shape index (κ1) is 21.6. The van der Waals surface area contributed by atoms with Gasteiger partial charge >= 0.3 is 0 Å². The number of rotatable bonds is 4. The van der Waals surface area contributed by atoms with E-state index in [1.54, 1.807) is 10.4 Å². The highest BCUT2D eigenvalue weighted by molar-refractivity contribution is 6.86. The minimum absolute atomic E-state index is 0.396. The Bertz CT molecular complexity index is 1470. The standard InChI is InChI=1S/C35H29Si/c1-23-16-18-30-28-14-8-6-12-26(28)20-32(30)34(23)36(22-25-10-4-3-5-11-25)35-24(2)17-19-31-29-15-9-7-13-27(29)21-33(31)35/h3-21,28-29H,22H2,1-2H3. The van der Waals surface area contributed by atoms with Crippen molar-refractivity contribution >= 4 is 31.3 Å². The molecule has 0 aromatic heterocycles. The van der Waals surface area contributed by atoms with E-state index in [2.05, 4.69) is 129 Å². The van der Waals surface area contributed by atoms with Gasteiger partial charge in [-0.1, -0.05) is 132 Å². The average molecular weight is 478 g/mol. The fourth-order valence-electron chi connectivity index (χ4n) is 6.53. The fraction of sp³-hybridized carbons (Fsp3) is 0.143. The molecule has 7 rings (SSSR count). The van der Waals surface area contributed by atoms with Crippen LogP contribution in [0.3, 0.4) is 0 Å². The maximum absolute atomic E-state index is 2.49. The molecule has 3 aromatic rings. The van der Waals surface area contributed by atoms with Crippen molar-refractivity contribution in [2.75, 3.05) is 0 Å². The molecule has 0 aliphatic heterocycles. The summed E-state index contributed by atoms with van der Waals surface area (Å²) in [7, 11) is -1.13.